The highest BCUT2D eigenvalue weighted by molar-refractivity contribution is 5.86. The van der Waals surface area contributed by atoms with E-state index in [0.29, 0.717) is 12.6 Å². The molecule has 2 unspecified atom stereocenters. The number of carbonyl (C=O) groups excluding carboxylic acids is 1. The lowest BCUT2D eigenvalue weighted by molar-refractivity contribution is -0.121. The number of rotatable bonds is 4. The van der Waals surface area contributed by atoms with E-state index in [1.807, 2.05) is 30.3 Å². The smallest absolute Gasteiger partial charge is 0.241 e. The van der Waals surface area contributed by atoms with Gasteiger partial charge in [-0.2, -0.15) is 5.26 Å². The molecule has 0 saturated carbocycles. The van der Waals surface area contributed by atoms with E-state index in [0.717, 1.165) is 18.5 Å². The predicted molar refractivity (Wildman–Crippen MR) is 78.1 cm³/mol. The summed E-state index contributed by atoms with van der Waals surface area (Å²) in [4.78, 5) is 14.5. The van der Waals surface area contributed by atoms with E-state index in [9.17, 15) is 10.1 Å². The first kappa shape index (κ1) is 14.5. The van der Waals surface area contributed by atoms with Gasteiger partial charge in [0.1, 0.15) is 5.92 Å². The minimum absolute atomic E-state index is 0.197. The van der Waals surface area contributed by atoms with Crippen LogP contribution in [0.2, 0.25) is 0 Å². The van der Waals surface area contributed by atoms with Crippen molar-refractivity contribution < 1.29 is 4.79 Å². The average molecular weight is 271 g/mol. The standard InChI is InChI=1S/C16H21N3O/c1-19-10-6-5-9-14(19)12-18-16(20)15(11-17)13-7-3-2-4-8-13/h2-4,7-8,14-15H,5-6,9-10,12H2,1H3,(H,18,20). The summed E-state index contributed by atoms with van der Waals surface area (Å²) in [5.41, 5.74) is 0.754. The Bertz CT molecular complexity index is 480. The van der Waals surface area contributed by atoms with E-state index in [1.165, 1.54) is 12.8 Å². The zero-order chi connectivity index (χ0) is 14.4. The van der Waals surface area contributed by atoms with Gasteiger partial charge in [-0.25, -0.2) is 0 Å². The summed E-state index contributed by atoms with van der Waals surface area (Å²) in [6, 6.07) is 11.7. The number of benzene rings is 1. The van der Waals surface area contributed by atoms with Gasteiger partial charge in [0.15, 0.2) is 0 Å². The number of nitriles is 1. The Hall–Kier alpha value is -1.86. The molecule has 1 saturated heterocycles. The summed E-state index contributed by atoms with van der Waals surface area (Å²) in [5, 5.41) is 12.1. The second-order valence-corrected chi connectivity index (χ2v) is 5.35. The van der Waals surface area contributed by atoms with Crippen LogP contribution in [0.5, 0.6) is 0 Å². The monoisotopic (exact) mass is 271 g/mol. The van der Waals surface area contributed by atoms with Crippen molar-refractivity contribution in [2.45, 2.75) is 31.2 Å². The highest BCUT2D eigenvalue weighted by Crippen LogP contribution is 2.16. The maximum absolute atomic E-state index is 12.2. The first-order valence-electron chi connectivity index (χ1n) is 7.15. The van der Waals surface area contributed by atoms with Crippen LogP contribution < -0.4 is 5.32 Å². The normalized spacial score (nSPS) is 20.9. The first-order chi connectivity index (χ1) is 9.72. The van der Waals surface area contributed by atoms with Gasteiger partial charge in [-0.15, -0.1) is 0 Å². The largest absolute Gasteiger partial charge is 0.353 e. The molecule has 1 aromatic carbocycles. The van der Waals surface area contributed by atoms with Gasteiger partial charge in [0.05, 0.1) is 6.07 Å². The molecule has 1 aliphatic heterocycles. The number of likely N-dealkylation sites (tertiary alicyclic amines) is 1. The molecule has 0 radical (unpaired) electrons. The van der Waals surface area contributed by atoms with Crippen LogP contribution in [0.1, 0.15) is 30.7 Å². The topological polar surface area (TPSA) is 56.1 Å². The Morgan fingerprint density at radius 1 is 1.45 bits per heavy atom. The van der Waals surface area contributed by atoms with Gasteiger partial charge in [-0.05, 0) is 32.0 Å². The summed E-state index contributed by atoms with van der Waals surface area (Å²) < 4.78 is 0. The molecule has 1 N–H and O–H groups in total. The molecule has 0 spiro atoms. The van der Waals surface area contributed by atoms with Crippen molar-refractivity contribution in [3.05, 3.63) is 35.9 Å². The van der Waals surface area contributed by atoms with Crippen molar-refractivity contribution in [1.82, 2.24) is 10.2 Å². The molecular weight excluding hydrogens is 250 g/mol. The van der Waals surface area contributed by atoms with Crippen molar-refractivity contribution >= 4 is 5.91 Å². The minimum Gasteiger partial charge on any atom is -0.353 e. The highest BCUT2D eigenvalue weighted by Gasteiger charge is 2.23. The fraction of sp³-hybridized carbons (Fsp3) is 0.500. The molecule has 20 heavy (non-hydrogen) atoms. The number of nitrogens with one attached hydrogen (secondary N) is 1. The fourth-order valence-corrected chi connectivity index (χ4v) is 2.65. The lowest BCUT2D eigenvalue weighted by Crippen LogP contribution is -2.45. The molecule has 106 valence electrons. The van der Waals surface area contributed by atoms with Gasteiger partial charge in [0.25, 0.3) is 0 Å². The minimum atomic E-state index is -0.718. The molecule has 4 nitrogen and oxygen atoms in total. The number of amides is 1. The average Bonchev–Trinajstić information content (AvgIpc) is 2.48. The number of hydrogen-bond acceptors (Lipinski definition) is 3. The molecule has 0 aromatic heterocycles. The quantitative estimate of drug-likeness (QED) is 0.910. The Labute approximate surface area is 120 Å². The molecular formula is C16H21N3O. The summed E-state index contributed by atoms with van der Waals surface area (Å²) >= 11 is 0. The maximum atomic E-state index is 12.2. The van der Waals surface area contributed by atoms with Gasteiger partial charge in [0, 0.05) is 12.6 Å². The molecule has 1 aliphatic rings. The molecule has 1 amide bonds. The van der Waals surface area contributed by atoms with Gasteiger partial charge in [0.2, 0.25) is 5.91 Å². The third kappa shape index (κ3) is 3.58. The summed E-state index contributed by atoms with van der Waals surface area (Å²) in [6.45, 7) is 1.71. The Morgan fingerprint density at radius 2 is 2.20 bits per heavy atom. The summed E-state index contributed by atoms with van der Waals surface area (Å²) in [7, 11) is 2.09. The van der Waals surface area contributed by atoms with Crippen LogP contribution in [-0.4, -0.2) is 37.0 Å². The van der Waals surface area contributed by atoms with Gasteiger partial charge < -0.3 is 10.2 Å². The Kier molecular flexibility index (Phi) is 5.14. The molecule has 2 rings (SSSR count). The van der Waals surface area contributed by atoms with E-state index >= 15 is 0 Å². The zero-order valence-corrected chi connectivity index (χ0v) is 11.9. The summed E-state index contributed by atoms with van der Waals surface area (Å²) in [6.07, 6.45) is 3.55. The lowest BCUT2D eigenvalue weighted by atomic mass is 9.99. The van der Waals surface area contributed by atoms with Gasteiger partial charge in [-0.3, -0.25) is 4.79 Å². The third-order valence-corrected chi connectivity index (χ3v) is 3.96. The van der Waals surface area contributed by atoms with Crippen LogP contribution in [-0.2, 0) is 4.79 Å². The number of hydrogen-bond donors (Lipinski definition) is 1. The third-order valence-electron chi connectivity index (χ3n) is 3.96. The second-order valence-electron chi connectivity index (χ2n) is 5.35. The van der Waals surface area contributed by atoms with Crippen LogP contribution in [0.3, 0.4) is 0 Å². The molecule has 4 heteroatoms. The Morgan fingerprint density at radius 3 is 2.85 bits per heavy atom. The zero-order valence-electron chi connectivity index (χ0n) is 11.9. The molecule has 2 atom stereocenters. The van der Waals surface area contributed by atoms with Crippen molar-refractivity contribution in [2.75, 3.05) is 20.1 Å². The number of nitrogens with zero attached hydrogens (tertiary/aromatic N) is 2. The van der Waals surface area contributed by atoms with Crippen molar-refractivity contribution in [3.8, 4) is 6.07 Å². The van der Waals surface area contributed by atoms with E-state index in [4.69, 9.17) is 0 Å². The van der Waals surface area contributed by atoms with Crippen LogP contribution in [0.15, 0.2) is 30.3 Å². The van der Waals surface area contributed by atoms with Crippen LogP contribution in [0.25, 0.3) is 0 Å². The first-order valence-corrected chi connectivity index (χ1v) is 7.15. The lowest BCUT2D eigenvalue weighted by Gasteiger charge is -2.32. The molecule has 0 aliphatic carbocycles. The van der Waals surface area contributed by atoms with Gasteiger partial charge in [-0.1, -0.05) is 36.8 Å². The van der Waals surface area contributed by atoms with Crippen LogP contribution >= 0.6 is 0 Å². The van der Waals surface area contributed by atoms with Crippen molar-refractivity contribution in [1.29, 1.82) is 5.26 Å². The molecule has 1 heterocycles. The Balaban J connectivity index is 1.92. The summed E-state index contributed by atoms with van der Waals surface area (Å²) in [5.74, 6) is -0.914. The van der Waals surface area contributed by atoms with Gasteiger partial charge >= 0.3 is 0 Å². The second kappa shape index (κ2) is 7.06. The van der Waals surface area contributed by atoms with Crippen molar-refractivity contribution in [2.24, 2.45) is 0 Å². The van der Waals surface area contributed by atoms with E-state index in [2.05, 4.69) is 23.3 Å². The molecule has 1 fully saturated rings. The fourth-order valence-electron chi connectivity index (χ4n) is 2.65. The van der Waals surface area contributed by atoms with Crippen LogP contribution in [0.4, 0.5) is 0 Å². The van der Waals surface area contributed by atoms with Crippen LogP contribution in [0, 0.1) is 11.3 Å². The number of carbonyl (C=O) groups is 1. The van der Waals surface area contributed by atoms with E-state index in [-0.39, 0.29) is 5.91 Å². The SMILES string of the molecule is CN1CCCCC1CNC(=O)C(C#N)c1ccccc1. The highest BCUT2D eigenvalue weighted by atomic mass is 16.1. The molecule has 1 aromatic rings. The number of likely N-dealkylation sites (N-methyl/N-ethyl adjacent to an activating group) is 1. The van der Waals surface area contributed by atoms with Crippen molar-refractivity contribution in [3.63, 3.8) is 0 Å². The molecule has 0 bridgehead atoms. The number of piperidine rings is 1. The van der Waals surface area contributed by atoms with E-state index < -0.39 is 5.92 Å². The predicted octanol–water partition coefficient (Wildman–Crippen LogP) is 1.89. The van der Waals surface area contributed by atoms with E-state index in [1.54, 1.807) is 0 Å². The maximum Gasteiger partial charge on any atom is 0.241 e.